The number of hydrogen-bond donors (Lipinski definition) is 0. The molecule has 1 fully saturated rings. The Kier molecular flexibility index (Phi) is 3.75. The molecule has 0 aliphatic carbocycles. The van der Waals surface area contributed by atoms with Crippen LogP contribution in [0, 0.1) is 0 Å². The summed E-state index contributed by atoms with van der Waals surface area (Å²) in [6.07, 6.45) is 2.65. The Labute approximate surface area is 152 Å². The van der Waals surface area contributed by atoms with E-state index in [9.17, 15) is 0 Å². The average molecular weight is 350 g/mol. The molecule has 0 spiro atoms. The Bertz CT molecular complexity index is 910. The molecule has 0 amide bonds. The quantitative estimate of drug-likeness (QED) is 0.680. The Morgan fingerprint density at radius 2 is 1.96 bits per heavy atom. The van der Waals surface area contributed by atoms with Crippen molar-refractivity contribution in [1.29, 1.82) is 0 Å². The van der Waals surface area contributed by atoms with Crippen LogP contribution < -0.4 is 4.90 Å². The van der Waals surface area contributed by atoms with Crippen LogP contribution in [0.4, 0.5) is 5.69 Å². The Morgan fingerprint density at radius 1 is 1.08 bits per heavy atom. The third kappa shape index (κ3) is 2.74. The van der Waals surface area contributed by atoms with E-state index in [1.165, 1.54) is 53.8 Å². The van der Waals surface area contributed by atoms with Crippen molar-refractivity contribution in [3.63, 3.8) is 0 Å². The number of hydrogen-bond acceptors (Lipinski definition) is 4. The molecule has 2 aliphatic heterocycles. The van der Waals surface area contributed by atoms with Gasteiger partial charge in [0.25, 0.3) is 0 Å². The van der Waals surface area contributed by atoms with Crippen LogP contribution in [0.2, 0.25) is 0 Å². The molecule has 0 bridgehead atoms. The first-order valence-electron chi connectivity index (χ1n) is 9.18. The molecule has 5 rings (SSSR count). The maximum atomic E-state index is 4.97. The average Bonchev–Trinajstić information content (AvgIpc) is 3.31. The van der Waals surface area contributed by atoms with Gasteiger partial charge in [0, 0.05) is 43.2 Å². The van der Waals surface area contributed by atoms with Crippen molar-refractivity contribution in [2.24, 2.45) is 0 Å². The molecule has 25 heavy (non-hydrogen) atoms. The van der Waals surface area contributed by atoms with Crippen LogP contribution in [0.15, 0.2) is 41.8 Å². The zero-order valence-corrected chi connectivity index (χ0v) is 15.4. The maximum Gasteiger partial charge on any atom is 0.123 e. The van der Waals surface area contributed by atoms with Gasteiger partial charge in [-0.15, -0.1) is 11.3 Å². The van der Waals surface area contributed by atoms with Gasteiger partial charge in [-0.2, -0.15) is 0 Å². The Hall–Kier alpha value is -1.91. The van der Waals surface area contributed by atoms with Crippen molar-refractivity contribution in [3.8, 4) is 0 Å². The van der Waals surface area contributed by atoms with Gasteiger partial charge in [0.1, 0.15) is 4.83 Å². The molecular formula is C21H23N3S. The standard InChI is InChI=1S/C21H23N3S/c1-23-13-16-12-17(24-9-2-3-10-24)5-6-18(16)19(14-23)20-7-4-15-8-11-25-21(15)22-20/h4-8,11-12,19H,2-3,9-10,13-14H2,1H3. The van der Waals surface area contributed by atoms with Crippen LogP contribution in [-0.2, 0) is 6.54 Å². The van der Waals surface area contributed by atoms with Crippen LogP contribution in [0.5, 0.6) is 0 Å². The molecule has 2 aromatic heterocycles. The van der Waals surface area contributed by atoms with E-state index in [1.54, 1.807) is 11.3 Å². The number of thiophene rings is 1. The van der Waals surface area contributed by atoms with Gasteiger partial charge in [-0.3, -0.25) is 0 Å². The number of likely N-dealkylation sites (N-methyl/N-ethyl adjacent to an activating group) is 1. The lowest BCUT2D eigenvalue weighted by molar-refractivity contribution is 0.293. The zero-order valence-electron chi connectivity index (χ0n) is 14.6. The molecule has 0 radical (unpaired) electrons. The number of pyridine rings is 1. The van der Waals surface area contributed by atoms with Gasteiger partial charge >= 0.3 is 0 Å². The van der Waals surface area contributed by atoms with Gasteiger partial charge in [-0.1, -0.05) is 12.1 Å². The minimum Gasteiger partial charge on any atom is -0.372 e. The molecule has 1 atom stereocenters. The monoisotopic (exact) mass is 349 g/mol. The number of anilines is 1. The van der Waals surface area contributed by atoms with E-state index in [2.05, 4.69) is 58.6 Å². The van der Waals surface area contributed by atoms with Gasteiger partial charge in [0.05, 0.1) is 5.69 Å². The van der Waals surface area contributed by atoms with E-state index in [4.69, 9.17) is 4.98 Å². The summed E-state index contributed by atoms with van der Waals surface area (Å²) in [6, 6.07) is 13.7. The van der Waals surface area contributed by atoms with E-state index >= 15 is 0 Å². The van der Waals surface area contributed by atoms with Crippen LogP contribution in [0.25, 0.3) is 10.2 Å². The number of aromatic nitrogens is 1. The molecule has 2 aliphatic rings. The first-order valence-corrected chi connectivity index (χ1v) is 10.1. The summed E-state index contributed by atoms with van der Waals surface area (Å²) in [6.45, 7) is 4.48. The Balaban J connectivity index is 1.55. The fourth-order valence-corrected chi connectivity index (χ4v) is 5.09. The van der Waals surface area contributed by atoms with E-state index in [-0.39, 0.29) is 0 Å². The van der Waals surface area contributed by atoms with E-state index in [0.717, 1.165) is 17.9 Å². The Morgan fingerprint density at radius 3 is 2.84 bits per heavy atom. The van der Waals surface area contributed by atoms with Crippen molar-refractivity contribution in [2.75, 3.05) is 31.6 Å². The lowest BCUT2D eigenvalue weighted by Crippen LogP contribution is -2.31. The van der Waals surface area contributed by atoms with Crippen molar-refractivity contribution < 1.29 is 0 Å². The summed E-state index contributed by atoms with van der Waals surface area (Å²) in [5, 5.41) is 3.38. The zero-order chi connectivity index (χ0) is 16.8. The lowest BCUT2D eigenvalue weighted by atomic mass is 9.87. The molecule has 1 unspecified atom stereocenters. The van der Waals surface area contributed by atoms with Gasteiger partial charge in [0.15, 0.2) is 0 Å². The molecule has 0 N–H and O–H groups in total. The fraction of sp³-hybridized carbons (Fsp3) is 0.381. The highest BCUT2D eigenvalue weighted by atomic mass is 32.1. The topological polar surface area (TPSA) is 19.4 Å². The van der Waals surface area contributed by atoms with Crippen LogP contribution in [0.3, 0.4) is 0 Å². The van der Waals surface area contributed by atoms with Crippen LogP contribution >= 0.6 is 11.3 Å². The molecular weight excluding hydrogens is 326 g/mol. The normalized spacial score (nSPS) is 21.0. The summed E-state index contributed by atoms with van der Waals surface area (Å²) in [4.78, 5) is 11.1. The van der Waals surface area contributed by atoms with Crippen molar-refractivity contribution in [1.82, 2.24) is 9.88 Å². The molecule has 3 aromatic rings. The van der Waals surface area contributed by atoms with E-state index in [0.29, 0.717) is 5.92 Å². The van der Waals surface area contributed by atoms with Crippen molar-refractivity contribution in [2.45, 2.75) is 25.3 Å². The molecule has 4 heterocycles. The molecule has 4 heteroatoms. The number of rotatable bonds is 2. The summed E-state index contributed by atoms with van der Waals surface area (Å²) < 4.78 is 0. The van der Waals surface area contributed by atoms with Gasteiger partial charge in [0.2, 0.25) is 0 Å². The summed E-state index contributed by atoms with van der Waals surface area (Å²) in [7, 11) is 2.22. The minimum atomic E-state index is 0.368. The highest BCUT2D eigenvalue weighted by Gasteiger charge is 2.27. The number of fused-ring (bicyclic) bond motifs is 2. The number of benzene rings is 1. The second kappa shape index (κ2) is 6.11. The van der Waals surface area contributed by atoms with Crippen LogP contribution in [-0.4, -0.2) is 36.6 Å². The van der Waals surface area contributed by atoms with E-state index in [1.807, 2.05) is 0 Å². The molecule has 1 aromatic carbocycles. The van der Waals surface area contributed by atoms with Crippen LogP contribution in [0.1, 0.15) is 35.6 Å². The van der Waals surface area contributed by atoms with Crippen molar-refractivity contribution >= 4 is 27.2 Å². The fourth-order valence-electron chi connectivity index (χ4n) is 4.31. The molecule has 1 saturated heterocycles. The predicted molar refractivity (Wildman–Crippen MR) is 106 cm³/mol. The summed E-state index contributed by atoms with van der Waals surface area (Å²) in [5.74, 6) is 0.368. The van der Waals surface area contributed by atoms with Gasteiger partial charge in [-0.05, 0) is 60.7 Å². The van der Waals surface area contributed by atoms with E-state index < -0.39 is 0 Å². The first kappa shape index (κ1) is 15.4. The van der Waals surface area contributed by atoms with Gasteiger partial charge < -0.3 is 9.80 Å². The highest BCUT2D eigenvalue weighted by molar-refractivity contribution is 7.16. The molecule has 128 valence electrons. The largest absolute Gasteiger partial charge is 0.372 e. The first-order chi connectivity index (χ1) is 12.3. The highest BCUT2D eigenvalue weighted by Crippen LogP contribution is 2.36. The second-order valence-electron chi connectivity index (χ2n) is 7.38. The predicted octanol–water partition coefficient (Wildman–Crippen LogP) is 4.47. The maximum absolute atomic E-state index is 4.97. The number of nitrogens with zero attached hydrogens (tertiary/aromatic N) is 3. The third-order valence-corrected chi connectivity index (χ3v) is 6.43. The molecule has 3 nitrogen and oxygen atoms in total. The SMILES string of the molecule is CN1Cc2cc(N3CCCC3)ccc2C(c2ccc3ccsc3n2)C1. The third-order valence-electron chi connectivity index (χ3n) is 5.60. The van der Waals surface area contributed by atoms with Gasteiger partial charge in [-0.25, -0.2) is 4.98 Å². The molecule has 0 saturated carbocycles. The summed E-state index contributed by atoms with van der Waals surface area (Å²) >= 11 is 1.74. The lowest BCUT2D eigenvalue weighted by Gasteiger charge is -2.33. The van der Waals surface area contributed by atoms with Crippen molar-refractivity contribution in [3.05, 3.63) is 58.6 Å². The minimum absolute atomic E-state index is 0.368. The second-order valence-corrected chi connectivity index (χ2v) is 8.27. The smallest absolute Gasteiger partial charge is 0.123 e. The summed E-state index contributed by atoms with van der Waals surface area (Å²) in [5.41, 5.74) is 5.53.